The Morgan fingerprint density at radius 3 is 2.85 bits per heavy atom. The maximum absolute atomic E-state index is 11.1. The Kier molecular flexibility index (Phi) is 1.72. The van der Waals surface area contributed by atoms with Crippen molar-refractivity contribution >= 4 is 23.1 Å². The third kappa shape index (κ3) is 1.25. The smallest absolute Gasteiger partial charge is 0.229 e. The van der Waals surface area contributed by atoms with Crippen LogP contribution in [0.3, 0.4) is 0 Å². The van der Waals surface area contributed by atoms with Crippen LogP contribution in [-0.2, 0) is 9.59 Å². The van der Waals surface area contributed by atoms with Gasteiger partial charge in [0.2, 0.25) is 5.91 Å². The first-order chi connectivity index (χ1) is 6.31. The molecule has 0 bridgehead atoms. The summed E-state index contributed by atoms with van der Waals surface area (Å²) in [5.41, 5.74) is 1.90. The number of fused-ring (bicyclic) bond motifs is 1. The number of para-hydroxylation sites is 1. The van der Waals surface area contributed by atoms with Gasteiger partial charge in [-0.2, -0.15) is 0 Å². The monoisotopic (exact) mass is 173 g/mol. The van der Waals surface area contributed by atoms with Gasteiger partial charge in [0.1, 0.15) is 5.94 Å². The van der Waals surface area contributed by atoms with Crippen LogP contribution in [0.5, 0.6) is 0 Å². The molecule has 0 radical (unpaired) electrons. The highest BCUT2D eigenvalue weighted by Crippen LogP contribution is 2.28. The van der Waals surface area contributed by atoms with Gasteiger partial charge >= 0.3 is 0 Å². The molecule has 1 N–H and O–H groups in total. The maximum atomic E-state index is 11.1. The lowest BCUT2D eigenvalue weighted by Crippen LogP contribution is -2.18. The molecule has 0 aromatic heterocycles. The van der Waals surface area contributed by atoms with Crippen molar-refractivity contribution in [3.8, 4) is 0 Å². The van der Waals surface area contributed by atoms with Crippen molar-refractivity contribution in [3.05, 3.63) is 29.8 Å². The molecule has 1 aromatic carbocycles. The number of benzene rings is 1. The van der Waals surface area contributed by atoms with E-state index in [0.29, 0.717) is 11.3 Å². The number of hydrogen-bond acceptors (Lipinski definition) is 2. The molecule has 2 rings (SSSR count). The molecule has 13 heavy (non-hydrogen) atoms. The normalized spacial score (nSPS) is 14.5. The van der Waals surface area contributed by atoms with Crippen LogP contribution in [0.4, 0.5) is 5.69 Å². The summed E-state index contributed by atoms with van der Waals surface area (Å²) < 4.78 is 0. The summed E-state index contributed by atoms with van der Waals surface area (Å²) >= 11 is 0. The largest absolute Gasteiger partial charge is 0.325 e. The van der Waals surface area contributed by atoms with Gasteiger partial charge in [-0.25, -0.2) is 4.79 Å². The van der Waals surface area contributed by atoms with Crippen molar-refractivity contribution in [1.82, 2.24) is 0 Å². The highest BCUT2D eigenvalue weighted by Gasteiger charge is 2.19. The predicted octanol–water partition coefficient (Wildman–Crippen LogP) is 1.24. The average Bonchev–Trinajstić information content (AvgIpc) is 2.16. The highest BCUT2D eigenvalue weighted by atomic mass is 16.1. The Labute approximate surface area is 75.1 Å². The van der Waals surface area contributed by atoms with E-state index in [0.717, 1.165) is 5.56 Å². The summed E-state index contributed by atoms with van der Waals surface area (Å²) in [5.74, 6) is 1.64. The fourth-order valence-corrected chi connectivity index (χ4v) is 1.40. The van der Waals surface area contributed by atoms with Crippen molar-refractivity contribution in [2.24, 2.45) is 0 Å². The van der Waals surface area contributed by atoms with E-state index in [1.54, 1.807) is 18.1 Å². The van der Waals surface area contributed by atoms with Crippen molar-refractivity contribution in [1.29, 1.82) is 0 Å². The van der Waals surface area contributed by atoms with Crippen molar-refractivity contribution < 1.29 is 9.59 Å². The first-order valence-electron chi connectivity index (χ1n) is 3.94. The Morgan fingerprint density at radius 1 is 1.31 bits per heavy atom. The zero-order valence-electron chi connectivity index (χ0n) is 6.83. The van der Waals surface area contributed by atoms with Crippen LogP contribution in [0.25, 0.3) is 5.57 Å². The van der Waals surface area contributed by atoms with Gasteiger partial charge in [-0.1, -0.05) is 18.2 Å². The van der Waals surface area contributed by atoms with Gasteiger partial charge in [0.05, 0.1) is 12.0 Å². The molecule has 1 aliphatic rings. The molecule has 0 saturated heterocycles. The second-order valence-corrected chi connectivity index (χ2v) is 2.85. The zero-order valence-corrected chi connectivity index (χ0v) is 6.83. The summed E-state index contributed by atoms with van der Waals surface area (Å²) in [6.45, 7) is 0. The molecule has 3 heteroatoms. The topological polar surface area (TPSA) is 46.2 Å². The van der Waals surface area contributed by atoms with Crippen LogP contribution in [0, 0.1) is 0 Å². The number of nitrogens with one attached hydrogen (secondary N) is 1. The van der Waals surface area contributed by atoms with E-state index in [-0.39, 0.29) is 12.3 Å². The van der Waals surface area contributed by atoms with E-state index < -0.39 is 0 Å². The summed E-state index contributed by atoms with van der Waals surface area (Å²) in [4.78, 5) is 21.6. The van der Waals surface area contributed by atoms with E-state index >= 15 is 0 Å². The van der Waals surface area contributed by atoms with E-state index in [2.05, 4.69) is 5.32 Å². The third-order valence-electron chi connectivity index (χ3n) is 1.99. The van der Waals surface area contributed by atoms with Crippen LogP contribution in [0.15, 0.2) is 24.3 Å². The number of rotatable bonds is 0. The Bertz CT molecular complexity index is 417. The minimum atomic E-state index is -0.156. The van der Waals surface area contributed by atoms with Crippen LogP contribution >= 0.6 is 0 Å². The Hall–Kier alpha value is -1.86. The van der Waals surface area contributed by atoms with Gasteiger partial charge in [-0.05, 0) is 6.07 Å². The van der Waals surface area contributed by atoms with Crippen molar-refractivity contribution in [3.63, 3.8) is 0 Å². The van der Waals surface area contributed by atoms with Gasteiger partial charge in [-0.3, -0.25) is 4.79 Å². The summed E-state index contributed by atoms with van der Waals surface area (Å²) in [7, 11) is 0. The summed E-state index contributed by atoms with van der Waals surface area (Å²) in [5, 5.41) is 2.69. The van der Waals surface area contributed by atoms with E-state index in [1.807, 2.05) is 12.1 Å². The zero-order chi connectivity index (χ0) is 9.26. The first kappa shape index (κ1) is 7.77. The summed E-state index contributed by atoms with van der Waals surface area (Å²) in [6.07, 6.45) is 0.126. The van der Waals surface area contributed by atoms with Gasteiger partial charge in [0.25, 0.3) is 0 Å². The fourth-order valence-electron chi connectivity index (χ4n) is 1.40. The second-order valence-electron chi connectivity index (χ2n) is 2.85. The van der Waals surface area contributed by atoms with Crippen molar-refractivity contribution in [2.45, 2.75) is 6.42 Å². The van der Waals surface area contributed by atoms with Gasteiger partial charge in [0.15, 0.2) is 0 Å². The predicted molar refractivity (Wildman–Crippen MR) is 48.8 cm³/mol. The molecule has 0 aliphatic carbocycles. The quantitative estimate of drug-likeness (QED) is 0.600. The molecule has 0 unspecified atom stereocenters. The molecule has 3 nitrogen and oxygen atoms in total. The van der Waals surface area contributed by atoms with Crippen LogP contribution in [0.1, 0.15) is 12.0 Å². The van der Waals surface area contributed by atoms with Gasteiger partial charge in [0, 0.05) is 11.3 Å². The van der Waals surface area contributed by atoms with E-state index in [9.17, 15) is 9.59 Å². The SMILES string of the molecule is O=C=C1CC(=O)Nc2ccccc21. The van der Waals surface area contributed by atoms with Crippen LogP contribution in [0.2, 0.25) is 0 Å². The number of hydrogen-bond donors (Lipinski definition) is 1. The Balaban J connectivity index is 2.62. The summed E-state index contributed by atoms with van der Waals surface area (Å²) in [6, 6.07) is 7.21. The molecule has 0 saturated carbocycles. The standard InChI is InChI=1S/C10H7NO2/c12-6-7-5-10(13)11-9-4-2-1-3-8(7)9/h1-4H,5H2,(H,11,13). The van der Waals surface area contributed by atoms with Crippen molar-refractivity contribution in [2.75, 3.05) is 5.32 Å². The highest BCUT2D eigenvalue weighted by molar-refractivity contribution is 6.10. The Morgan fingerprint density at radius 2 is 2.08 bits per heavy atom. The lowest BCUT2D eigenvalue weighted by atomic mass is 9.98. The molecule has 1 amide bonds. The van der Waals surface area contributed by atoms with E-state index in [1.165, 1.54) is 0 Å². The minimum absolute atomic E-state index is 0.126. The van der Waals surface area contributed by atoms with E-state index in [4.69, 9.17) is 0 Å². The maximum Gasteiger partial charge on any atom is 0.229 e. The minimum Gasteiger partial charge on any atom is -0.325 e. The first-order valence-corrected chi connectivity index (χ1v) is 3.94. The number of amides is 1. The molecule has 64 valence electrons. The molecule has 1 aliphatic heterocycles. The third-order valence-corrected chi connectivity index (χ3v) is 1.99. The lowest BCUT2D eigenvalue weighted by molar-refractivity contribution is -0.115. The second kappa shape index (κ2) is 2.88. The molecule has 1 heterocycles. The van der Waals surface area contributed by atoms with Crippen LogP contribution in [-0.4, -0.2) is 11.8 Å². The molecule has 0 fully saturated rings. The van der Waals surface area contributed by atoms with Crippen LogP contribution < -0.4 is 5.32 Å². The fraction of sp³-hybridized carbons (Fsp3) is 0.100. The molecular formula is C10H7NO2. The number of carbonyl (C=O) groups excluding carboxylic acids is 2. The van der Waals surface area contributed by atoms with Gasteiger partial charge < -0.3 is 5.32 Å². The average molecular weight is 173 g/mol. The molecule has 1 aromatic rings. The molecule has 0 atom stereocenters. The molecule has 0 spiro atoms. The molecular weight excluding hydrogens is 166 g/mol. The lowest BCUT2D eigenvalue weighted by Gasteiger charge is -2.16. The van der Waals surface area contributed by atoms with Gasteiger partial charge in [-0.15, -0.1) is 0 Å². The number of carbonyl (C=O) groups is 1. The number of anilines is 1.